The fourth-order valence-corrected chi connectivity index (χ4v) is 3.06. The summed E-state index contributed by atoms with van der Waals surface area (Å²) in [6.07, 6.45) is 3.33. The molecule has 1 unspecified atom stereocenters. The Labute approximate surface area is 128 Å². The van der Waals surface area contributed by atoms with Crippen LogP contribution in [0.25, 0.3) is 0 Å². The molecule has 5 heteroatoms. The normalized spacial score (nSPS) is 18.8. The lowest BCUT2D eigenvalue weighted by atomic mass is 10.0. The summed E-state index contributed by atoms with van der Waals surface area (Å²) >= 11 is 3.46. The zero-order chi connectivity index (χ0) is 14.7. The Kier molecular flexibility index (Phi) is 4.91. The molecule has 0 aromatic heterocycles. The zero-order valence-electron chi connectivity index (χ0n) is 12.1. The third kappa shape index (κ3) is 2.92. The molecule has 0 bridgehead atoms. The topological polar surface area (TPSA) is 38.8 Å². The lowest BCUT2D eigenvalue weighted by molar-refractivity contribution is 0.0634. The van der Waals surface area contributed by atoms with Gasteiger partial charge in [-0.3, -0.25) is 4.79 Å². The number of hydrogen-bond acceptors (Lipinski definition) is 3. The molecule has 1 atom stereocenters. The van der Waals surface area contributed by atoms with Gasteiger partial charge in [-0.15, -0.1) is 0 Å². The van der Waals surface area contributed by atoms with Gasteiger partial charge in [0.2, 0.25) is 0 Å². The summed E-state index contributed by atoms with van der Waals surface area (Å²) < 4.78 is 11.3. The molecular formula is C15H20BrNO3. The highest BCUT2D eigenvalue weighted by Crippen LogP contribution is 2.34. The van der Waals surface area contributed by atoms with Gasteiger partial charge in [0.25, 0.3) is 5.91 Å². The van der Waals surface area contributed by atoms with E-state index in [1.54, 1.807) is 26.4 Å². The van der Waals surface area contributed by atoms with Crippen molar-refractivity contribution in [2.24, 2.45) is 0 Å². The van der Waals surface area contributed by atoms with Crippen LogP contribution in [0, 0.1) is 0 Å². The minimum Gasteiger partial charge on any atom is -0.493 e. The van der Waals surface area contributed by atoms with Crippen LogP contribution >= 0.6 is 15.9 Å². The van der Waals surface area contributed by atoms with E-state index in [2.05, 4.69) is 22.9 Å². The van der Waals surface area contributed by atoms with Gasteiger partial charge >= 0.3 is 0 Å². The number of carbonyl (C=O) groups excluding carboxylic acids is 1. The van der Waals surface area contributed by atoms with Crippen LogP contribution in [0.2, 0.25) is 0 Å². The average Bonchev–Trinajstić information content (AvgIpc) is 2.46. The second-order valence-electron chi connectivity index (χ2n) is 5.03. The van der Waals surface area contributed by atoms with E-state index in [1.807, 2.05) is 4.90 Å². The quantitative estimate of drug-likeness (QED) is 0.844. The molecule has 1 heterocycles. The Morgan fingerprint density at radius 2 is 1.90 bits per heavy atom. The summed E-state index contributed by atoms with van der Waals surface area (Å²) in [6, 6.07) is 3.81. The van der Waals surface area contributed by atoms with E-state index >= 15 is 0 Å². The second-order valence-corrected chi connectivity index (χ2v) is 5.88. The molecule has 110 valence electrons. The highest BCUT2D eigenvalue weighted by atomic mass is 79.9. The van der Waals surface area contributed by atoms with Crippen LogP contribution in [0.5, 0.6) is 11.5 Å². The van der Waals surface area contributed by atoms with Gasteiger partial charge in [-0.05, 0) is 54.2 Å². The van der Waals surface area contributed by atoms with Crippen LogP contribution in [-0.4, -0.2) is 37.6 Å². The molecule has 1 saturated heterocycles. The first-order valence-electron chi connectivity index (χ1n) is 6.81. The van der Waals surface area contributed by atoms with Crippen molar-refractivity contribution < 1.29 is 14.3 Å². The average molecular weight is 342 g/mol. The van der Waals surface area contributed by atoms with Crippen LogP contribution in [0.15, 0.2) is 16.6 Å². The largest absolute Gasteiger partial charge is 0.493 e. The predicted octanol–water partition coefficient (Wildman–Crippen LogP) is 3.48. The van der Waals surface area contributed by atoms with Gasteiger partial charge in [-0.25, -0.2) is 0 Å². The molecule has 0 radical (unpaired) electrons. The van der Waals surface area contributed by atoms with E-state index in [9.17, 15) is 4.79 Å². The maximum Gasteiger partial charge on any atom is 0.255 e. The van der Waals surface area contributed by atoms with Crippen molar-refractivity contribution in [2.45, 2.75) is 32.2 Å². The monoisotopic (exact) mass is 341 g/mol. The molecular weight excluding hydrogens is 322 g/mol. The van der Waals surface area contributed by atoms with Gasteiger partial charge in [0.05, 0.1) is 19.8 Å². The first-order valence-corrected chi connectivity index (χ1v) is 7.60. The standard InChI is InChI=1S/C15H20BrNO3/c1-10-6-4-5-7-17(10)15(18)11-8-13(19-2)14(20-3)9-12(11)16/h8-10H,4-7H2,1-3H3. The maximum absolute atomic E-state index is 12.7. The number of piperidine rings is 1. The molecule has 0 spiro atoms. The van der Waals surface area contributed by atoms with E-state index in [1.165, 1.54) is 6.42 Å². The van der Waals surface area contributed by atoms with Crippen molar-refractivity contribution in [3.63, 3.8) is 0 Å². The lowest BCUT2D eigenvalue weighted by Gasteiger charge is -2.33. The van der Waals surface area contributed by atoms with Crippen LogP contribution in [0.4, 0.5) is 0 Å². The molecule has 0 N–H and O–H groups in total. The van der Waals surface area contributed by atoms with Crippen molar-refractivity contribution in [1.29, 1.82) is 0 Å². The molecule has 1 amide bonds. The Morgan fingerprint density at radius 1 is 1.25 bits per heavy atom. The summed E-state index contributed by atoms with van der Waals surface area (Å²) in [7, 11) is 3.15. The number of rotatable bonds is 3. The van der Waals surface area contributed by atoms with Gasteiger partial charge in [0.15, 0.2) is 11.5 Å². The number of nitrogens with zero attached hydrogens (tertiary/aromatic N) is 1. The van der Waals surface area contributed by atoms with Crippen LogP contribution in [0.1, 0.15) is 36.5 Å². The first kappa shape index (κ1) is 15.2. The third-order valence-corrected chi connectivity index (χ3v) is 4.42. The highest BCUT2D eigenvalue weighted by molar-refractivity contribution is 9.10. The van der Waals surface area contributed by atoms with Gasteiger partial charge in [-0.1, -0.05) is 0 Å². The Bertz CT molecular complexity index is 504. The molecule has 1 aliphatic rings. The molecule has 0 saturated carbocycles. The number of amides is 1. The van der Waals surface area contributed by atoms with E-state index in [0.29, 0.717) is 17.1 Å². The zero-order valence-corrected chi connectivity index (χ0v) is 13.7. The van der Waals surface area contributed by atoms with Crippen LogP contribution in [-0.2, 0) is 0 Å². The van der Waals surface area contributed by atoms with E-state index in [-0.39, 0.29) is 11.9 Å². The maximum atomic E-state index is 12.7. The number of carbonyl (C=O) groups is 1. The Hall–Kier alpha value is -1.23. The molecule has 4 nitrogen and oxygen atoms in total. The molecule has 1 fully saturated rings. The Morgan fingerprint density at radius 3 is 2.50 bits per heavy atom. The van der Waals surface area contributed by atoms with Gasteiger partial charge in [-0.2, -0.15) is 0 Å². The van der Waals surface area contributed by atoms with Crippen molar-refractivity contribution in [3.05, 3.63) is 22.2 Å². The predicted molar refractivity (Wildman–Crippen MR) is 81.6 cm³/mol. The highest BCUT2D eigenvalue weighted by Gasteiger charge is 2.26. The number of methoxy groups -OCH3 is 2. The fraction of sp³-hybridized carbons (Fsp3) is 0.533. The second kappa shape index (κ2) is 6.48. The third-order valence-electron chi connectivity index (χ3n) is 3.77. The fourth-order valence-electron chi connectivity index (χ4n) is 2.57. The number of halogens is 1. The summed E-state index contributed by atoms with van der Waals surface area (Å²) in [5, 5.41) is 0. The number of benzene rings is 1. The first-order chi connectivity index (χ1) is 9.58. The smallest absolute Gasteiger partial charge is 0.255 e. The molecule has 1 aromatic carbocycles. The van der Waals surface area contributed by atoms with E-state index in [4.69, 9.17) is 9.47 Å². The van der Waals surface area contributed by atoms with Crippen molar-refractivity contribution in [1.82, 2.24) is 4.90 Å². The van der Waals surface area contributed by atoms with Crippen LogP contribution in [0.3, 0.4) is 0 Å². The summed E-state index contributed by atoms with van der Waals surface area (Å²) in [6.45, 7) is 2.92. The SMILES string of the molecule is COc1cc(Br)c(C(=O)N2CCCCC2C)cc1OC. The van der Waals surface area contributed by atoms with Crippen LogP contribution < -0.4 is 9.47 Å². The van der Waals surface area contributed by atoms with Crippen molar-refractivity contribution in [2.75, 3.05) is 20.8 Å². The molecule has 2 rings (SSSR count). The van der Waals surface area contributed by atoms with Crippen molar-refractivity contribution in [3.8, 4) is 11.5 Å². The summed E-state index contributed by atoms with van der Waals surface area (Å²) in [5.41, 5.74) is 0.622. The minimum atomic E-state index is 0.0463. The molecule has 1 aliphatic heterocycles. The minimum absolute atomic E-state index is 0.0463. The number of likely N-dealkylation sites (tertiary alicyclic amines) is 1. The van der Waals surface area contributed by atoms with Gasteiger partial charge < -0.3 is 14.4 Å². The molecule has 20 heavy (non-hydrogen) atoms. The van der Waals surface area contributed by atoms with E-state index < -0.39 is 0 Å². The lowest BCUT2D eigenvalue weighted by Crippen LogP contribution is -2.42. The van der Waals surface area contributed by atoms with Crippen molar-refractivity contribution >= 4 is 21.8 Å². The molecule has 1 aromatic rings. The summed E-state index contributed by atoms with van der Waals surface area (Å²) in [5.74, 6) is 1.23. The number of ether oxygens (including phenoxy) is 2. The summed E-state index contributed by atoms with van der Waals surface area (Å²) in [4.78, 5) is 14.6. The van der Waals surface area contributed by atoms with E-state index in [0.717, 1.165) is 23.9 Å². The van der Waals surface area contributed by atoms with Gasteiger partial charge in [0.1, 0.15) is 0 Å². The number of hydrogen-bond donors (Lipinski definition) is 0. The Balaban J connectivity index is 2.34. The van der Waals surface area contributed by atoms with Gasteiger partial charge in [0, 0.05) is 17.1 Å². The molecule has 0 aliphatic carbocycles.